The van der Waals surface area contributed by atoms with Gasteiger partial charge in [0.2, 0.25) is 0 Å². The Bertz CT molecular complexity index is 732. The largest absolute Gasteiger partial charge is 0.348 e. The minimum atomic E-state index is -0.376. The molecule has 0 aliphatic carbocycles. The zero-order valence-corrected chi connectivity index (χ0v) is 14.8. The van der Waals surface area contributed by atoms with E-state index in [2.05, 4.69) is 5.32 Å². The second-order valence-electron chi connectivity index (χ2n) is 5.35. The van der Waals surface area contributed by atoms with Crippen LogP contribution in [0, 0.1) is 0 Å². The number of carbonyl (C=O) groups is 1. The van der Waals surface area contributed by atoms with E-state index in [-0.39, 0.29) is 12.2 Å². The molecule has 0 radical (unpaired) electrons. The first-order valence-electron chi connectivity index (χ1n) is 7.65. The Kier molecular flexibility index (Phi) is 5.79. The molecule has 6 heteroatoms. The summed E-state index contributed by atoms with van der Waals surface area (Å²) in [5.74, 6) is -0.237. The van der Waals surface area contributed by atoms with Crippen LogP contribution in [0.2, 0.25) is 5.02 Å². The van der Waals surface area contributed by atoms with Crippen molar-refractivity contribution in [2.45, 2.75) is 17.6 Å². The third-order valence-electron chi connectivity index (χ3n) is 3.66. The van der Waals surface area contributed by atoms with Crippen LogP contribution in [0.4, 0.5) is 5.69 Å². The van der Waals surface area contributed by atoms with E-state index in [1.54, 1.807) is 23.9 Å². The van der Waals surface area contributed by atoms with Gasteiger partial charge in [0.1, 0.15) is 0 Å². The van der Waals surface area contributed by atoms with Crippen molar-refractivity contribution in [2.75, 3.05) is 24.8 Å². The van der Waals surface area contributed by atoms with Crippen molar-refractivity contribution in [2.24, 2.45) is 0 Å². The molecule has 3 rings (SSSR count). The number of ether oxygens (including phenoxy) is 2. The topological polar surface area (TPSA) is 47.6 Å². The first kappa shape index (κ1) is 17.3. The molecule has 1 heterocycles. The standard InChI is InChI=1S/C18H18ClNO3S/c1-24-14-6-7-16(19)15(11-14)17(21)20-13-5-2-4-12(10-13)18-22-8-3-9-23-18/h2,4-7,10-11,18H,3,8-9H2,1H3,(H,20,21). The maximum Gasteiger partial charge on any atom is 0.257 e. The van der Waals surface area contributed by atoms with Gasteiger partial charge in [-0.2, -0.15) is 0 Å². The number of anilines is 1. The van der Waals surface area contributed by atoms with Crippen molar-refractivity contribution < 1.29 is 14.3 Å². The molecule has 126 valence electrons. The van der Waals surface area contributed by atoms with Crippen LogP contribution in [0.1, 0.15) is 28.6 Å². The summed E-state index contributed by atoms with van der Waals surface area (Å²) < 4.78 is 11.2. The van der Waals surface area contributed by atoms with Gasteiger partial charge in [0.15, 0.2) is 6.29 Å². The molecule has 2 aromatic carbocycles. The molecule has 0 aromatic heterocycles. The van der Waals surface area contributed by atoms with Crippen LogP contribution in [-0.4, -0.2) is 25.4 Å². The number of rotatable bonds is 4. The van der Waals surface area contributed by atoms with E-state index in [0.29, 0.717) is 29.5 Å². The molecule has 0 saturated carbocycles. The Morgan fingerprint density at radius 1 is 1.21 bits per heavy atom. The van der Waals surface area contributed by atoms with Crippen LogP contribution < -0.4 is 5.32 Å². The first-order chi connectivity index (χ1) is 11.7. The van der Waals surface area contributed by atoms with Crippen molar-refractivity contribution in [1.82, 2.24) is 0 Å². The molecule has 1 N–H and O–H groups in total. The number of benzene rings is 2. The summed E-state index contributed by atoms with van der Waals surface area (Å²) in [4.78, 5) is 13.5. The number of hydrogen-bond acceptors (Lipinski definition) is 4. The van der Waals surface area contributed by atoms with E-state index in [1.807, 2.05) is 36.6 Å². The van der Waals surface area contributed by atoms with Crippen LogP contribution in [0.15, 0.2) is 47.4 Å². The molecular weight excluding hydrogens is 346 g/mol. The lowest BCUT2D eigenvalue weighted by molar-refractivity contribution is -0.183. The Morgan fingerprint density at radius 2 is 2.00 bits per heavy atom. The van der Waals surface area contributed by atoms with Crippen molar-refractivity contribution >= 4 is 35.0 Å². The molecule has 0 spiro atoms. The predicted octanol–water partition coefficient (Wildman–Crippen LogP) is 4.75. The van der Waals surface area contributed by atoms with Gasteiger partial charge in [0.05, 0.1) is 23.8 Å². The molecule has 0 bridgehead atoms. The van der Waals surface area contributed by atoms with Gasteiger partial charge in [-0.3, -0.25) is 4.79 Å². The third-order valence-corrected chi connectivity index (χ3v) is 4.72. The van der Waals surface area contributed by atoms with Gasteiger partial charge in [0.25, 0.3) is 5.91 Å². The second-order valence-corrected chi connectivity index (χ2v) is 6.64. The van der Waals surface area contributed by atoms with E-state index in [9.17, 15) is 4.79 Å². The lowest BCUT2D eigenvalue weighted by atomic mass is 10.1. The summed E-state index contributed by atoms with van der Waals surface area (Å²) >= 11 is 7.72. The average molecular weight is 364 g/mol. The first-order valence-corrected chi connectivity index (χ1v) is 9.26. The zero-order valence-electron chi connectivity index (χ0n) is 13.3. The molecule has 0 unspecified atom stereocenters. The molecule has 1 fully saturated rings. The van der Waals surface area contributed by atoms with Gasteiger partial charge in [-0.15, -0.1) is 11.8 Å². The molecule has 1 aliphatic rings. The molecule has 1 amide bonds. The highest BCUT2D eigenvalue weighted by Gasteiger charge is 2.17. The van der Waals surface area contributed by atoms with Crippen molar-refractivity contribution in [1.29, 1.82) is 0 Å². The van der Waals surface area contributed by atoms with Crippen LogP contribution in [0.25, 0.3) is 0 Å². The van der Waals surface area contributed by atoms with Gasteiger partial charge in [-0.05, 0) is 43.0 Å². The Labute approximate surface area is 150 Å². The van der Waals surface area contributed by atoms with Crippen LogP contribution in [0.3, 0.4) is 0 Å². The molecular formula is C18H18ClNO3S. The predicted molar refractivity (Wildman–Crippen MR) is 96.9 cm³/mol. The summed E-state index contributed by atoms with van der Waals surface area (Å²) in [5.41, 5.74) is 2.02. The van der Waals surface area contributed by atoms with Gasteiger partial charge in [-0.25, -0.2) is 0 Å². The molecule has 2 aromatic rings. The van der Waals surface area contributed by atoms with E-state index >= 15 is 0 Å². The number of amides is 1. The normalized spacial score (nSPS) is 15.2. The van der Waals surface area contributed by atoms with Gasteiger partial charge >= 0.3 is 0 Å². The van der Waals surface area contributed by atoms with Crippen LogP contribution >= 0.6 is 23.4 Å². The fourth-order valence-electron chi connectivity index (χ4n) is 2.45. The molecule has 1 aliphatic heterocycles. The molecule has 0 atom stereocenters. The average Bonchev–Trinajstić information content (AvgIpc) is 2.63. The second kappa shape index (κ2) is 8.03. The van der Waals surface area contributed by atoms with Crippen molar-refractivity contribution in [3.8, 4) is 0 Å². The minimum Gasteiger partial charge on any atom is -0.348 e. The smallest absolute Gasteiger partial charge is 0.257 e. The number of hydrogen-bond donors (Lipinski definition) is 1. The maximum absolute atomic E-state index is 12.5. The molecule has 1 saturated heterocycles. The van der Waals surface area contributed by atoms with E-state index in [4.69, 9.17) is 21.1 Å². The highest BCUT2D eigenvalue weighted by Crippen LogP contribution is 2.27. The van der Waals surface area contributed by atoms with Gasteiger partial charge in [-0.1, -0.05) is 23.7 Å². The number of thioether (sulfide) groups is 1. The fourth-order valence-corrected chi connectivity index (χ4v) is 3.09. The number of nitrogens with one attached hydrogen (secondary N) is 1. The van der Waals surface area contributed by atoms with Gasteiger partial charge in [0, 0.05) is 16.1 Å². The summed E-state index contributed by atoms with van der Waals surface area (Å²) in [6.07, 6.45) is 2.48. The van der Waals surface area contributed by atoms with E-state index in [1.165, 1.54) is 0 Å². The van der Waals surface area contributed by atoms with Crippen LogP contribution in [-0.2, 0) is 9.47 Å². The molecule has 24 heavy (non-hydrogen) atoms. The van der Waals surface area contributed by atoms with Gasteiger partial charge < -0.3 is 14.8 Å². The number of carbonyl (C=O) groups excluding carboxylic acids is 1. The highest BCUT2D eigenvalue weighted by atomic mass is 35.5. The Balaban J connectivity index is 1.77. The van der Waals surface area contributed by atoms with Crippen LogP contribution in [0.5, 0.6) is 0 Å². The third kappa shape index (κ3) is 4.11. The van der Waals surface area contributed by atoms with Crippen molar-refractivity contribution in [3.05, 3.63) is 58.6 Å². The van der Waals surface area contributed by atoms with E-state index < -0.39 is 0 Å². The fraction of sp³-hybridized carbons (Fsp3) is 0.278. The lowest BCUT2D eigenvalue weighted by Gasteiger charge is -2.23. The Hall–Kier alpha value is -1.53. The monoisotopic (exact) mass is 363 g/mol. The summed E-state index contributed by atoms with van der Waals surface area (Å²) in [7, 11) is 0. The molecule has 4 nitrogen and oxygen atoms in total. The summed E-state index contributed by atoms with van der Waals surface area (Å²) in [6, 6.07) is 12.9. The minimum absolute atomic E-state index is 0.237. The highest BCUT2D eigenvalue weighted by molar-refractivity contribution is 7.98. The van der Waals surface area contributed by atoms with E-state index in [0.717, 1.165) is 16.9 Å². The maximum atomic E-state index is 12.5. The SMILES string of the molecule is CSc1ccc(Cl)c(C(=O)Nc2cccc(C3OCCCO3)c2)c1. The lowest BCUT2D eigenvalue weighted by Crippen LogP contribution is -2.18. The van der Waals surface area contributed by atoms with Crippen molar-refractivity contribution in [3.63, 3.8) is 0 Å². The summed E-state index contributed by atoms with van der Waals surface area (Å²) in [5, 5.41) is 3.32. The Morgan fingerprint density at radius 3 is 2.75 bits per heavy atom. The summed E-state index contributed by atoms with van der Waals surface area (Å²) in [6.45, 7) is 1.36. The quantitative estimate of drug-likeness (QED) is 0.796. The zero-order chi connectivity index (χ0) is 16.9. The number of halogens is 1.